The number of halogens is 3. The van der Waals surface area contributed by atoms with Crippen LogP contribution in [0.1, 0.15) is 16.8 Å². The minimum atomic E-state index is -4.61. The van der Waals surface area contributed by atoms with E-state index in [9.17, 15) is 13.2 Å². The van der Waals surface area contributed by atoms with Gasteiger partial charge in [-0.3, -0.25) is 4.68 Å². The lowest BCUT2D eigenvalue weighted by Crippen LogP contribution is -2.08. The van der Waals surface area contributed by atoms with Gasteiger partial charge in [0, 0.05) is 19.0 Å². The molecule has 1 aromatic carbocycles. The van der Waals surface area contributed by atoms with Crippen LogP contribution in [-0.2, 0) is 19.0 Å². The molecule has 10 heteroatoms. The Hall–Kier alpha value is -2.80. The van der Waals surface area contributed by atoms with Gasteiger partial charge in [-0.15, -0.1) is 10.2 Å². The van der Waals surface area contributed by atoms with Crippen LogP contribution in [0.2, 0.25) is 0 Å². The Balaban J connectivity index is 1.76. The molecule has 0 fully saturated rings. The third-order valence-electron chi connectivity index (χ3n) is 3.18. The number of hydrogen-bond acceptors (Lipinski definition) is 6. The molecule has 0 unspecified atom stereocenters. The SMILES string of the molecule is Cn1cc(-c2nnc(SCc3ccc(C#N)cc3)o2)c(C(F)(F)F)n1. The van der Waals surface area contributed by atoms with Crippen molar-refractivity contribution in [3.8, 4) is 17.5 Å². The molecule has 0 spiro atoms. The zero-order chi connectivity index (χ0) is 18.0. The summed E-state index contributed by atoms with van der Waals surface area (Å²) in [6.45, 7) is 0. The van der Waals surface area contributed by atoms with E-state index in [2.05, 4.69) is 15.3 Å². The number of aryl methyl sites for hydroxylation is 1. The highest BCUT2D eigenvalue weighted by atomic mass is 32.2. The van der Waals surface area contributed by atoms with Gasteiger partial charge in [0.2, 0.25) is 0 Å². The smallest absolute Gasteiger partial charge is 0.411 e. The van der Waals surface area contributed by atoms with Crippen LogP contribution in [-0.4, -0.2) is 20.0 Å². The van der Waals surface area contributed by atoms with Crippen molar-refractivity contribution in [1.29, 1.82) is 5.26 Å². The van der Waals surface area contributed by atoms with Crippen LogP contribution in [0.25, 0.3) is 11.5 Å². The third kappa shape index (κ3) is 3.83. The molecule has 0 saturated heterocycles. The Labute approximate surface area is 144 Å². The van der Waals surface area contributed by atoms with Gasteiger partial charge in [0.25, 0.3) is 11.1 Å². The molecule has 0 N–H and O–H groups in total. The van der Waals surface area contributed by atoms with E-state index in [1.54, 1.807) is 24.3 Å². The highest BCUT2D eigenvalue weighted by Crippen LogP contribution is 2.36. The molecule has 2 heterocycles. The highest BCUT2D eigenvalue weighted by molar-refractivity contribution is 7.98. The van der Waals surface area contributed by atoms with E-state index in [0.29, 0.717) is 11.3 Å². The lowest BCUT2D eigenvalue weighted by molar-refractivity contribution is -0.141. The molecule has 6 nitrogen and oxygen atoms in total. The van der Waals surface area contributed by atoms with Gasteiger partial charge in [-0.2, -0.15) is 23.5 Å². The molecular weight excluding hydrogens is 355 g/mol. The minimum absolute atomic E-state index is 0.149. The van der Waals surface area contributed by atoms with Gasteiger partial charge in [0.1, 0.15) is 0 Å². The second-order valence-corrected chi connectivity index (χ2v) is 5.96. The molecule has 3 rings (SSSR count). The zero-order valence-corrected chi connectivity index (χ0v) is 13.6. The lowest BCUT2D eigenvalue weighted by atomic mass is 10.2. The van der Waals surface area contributed by atoms with Crippen LogP contribution in [0.4, 0.5) is 13.2 Å². The number of thioether (sulfide) groups is 1. The molecule has 3 aromatic rings. The number of nitriles is 1. The summed E-state index contributed by atoms with van der Waals surface area (Å²) in [5.41, 5.74) is 0.140. The largest absolute Gasteiger partial charge is 0.435 e. The van der Waals surface area contributed by atoms with Crippen LogP contribution < -0.4 is 0 Å². The fourth-order valence-electron chi connectivity index (χ4n) is 2.05. The maximum absolute atomic E-state index is 13.0. The summed E-state index contributed by atoms with van der Waals surface area (Å²) in [7, 11) is 1.38. The third-order valence-corrected chi connectivity index (χ3v) is 4.07. The first-order valence-corrected chi connectivity index (χ1v) is 7.92. The summed E-state index contributed by atoms with van der Waals surface area (Å²) in [4.78, 5) is 0. The molecule has 0 amide bonds. The second kappa shape index (κ2) is 6.60. The van der Waals surface area contributed by atoms with Crippen molar-refractivity contribution in [2.75, 3.05) is 0 Å². The van der Waals surface area contributed by atoms with Crippen molar-refractivity contribution >= 4 is 11.8 Å². The van der Waals surface area contributed by atoms with Crippen LogP contribution in [0.5, 0.6) is 0 Å². The zero-order valence-electron chi connectivity index (χ0n) is 12.8. The average molecular weight is 365 g/mol. The van der Waals surface area contributed by atoms with Gasteiger partial charge in [0.15, 0.2) is 5.69 Å². The van der Waals surface area contributed by atoms with E-state index in [4.69, 9.17) is 9.68 Å². The fourth-order valence-corrected chi connectivity index (χ4v) is 2.77. The minimum Gasteiger partial charge on any atom is -0.411 e. The van der Waals surface area contributed by atoms with E-state index in [-0.39, 0.29) is 16.7 Å². The predicted molar refractivity (Wildman–Crippen MR) is 82.2 cm³/mol. The van der Waals surface area contributed by atoms with Crippen LogP contribution in [0, 0.1) is 11.3 Å². The molecular formula is C15H10F3N5OS. The average Bonchev–Trinajstić information content (AvgIpc) is 3.19. The van der Waals surface area contributed by atoms with E-state index in [0.717, 1.165) is 10.2 Å². The Morgan fingerprint density at radius 2 is 1.96 bits per heavy atom. The molecule has 0 bridgehead atoms. The number of aromatic nitrogens is 4. The number of hydrogen-bond donors (Lipinski definition) is 0. The summed E-state index contributed by atoms with van der Waals surface area (Å²) in [6.07, 6.45) is -3.42. The summed E-state index contributed by atoms with van der Waals surface area (Å²) in [5.74, 6) is 0.245. The quantitative estimate of drug-likeness (QED) is 0.657. The number of nitrogens with zero attached hydrogens (tertiary/aromatic N) is 5. The van der Waals surface area contributed by atoms with E-state index in [1.165, 1.54) is 25.0 Å². The predicted octanol–water partition coefficient (Wildman–Crippen LogP) is 3.65. The summed E-state index contributed by atoms with van der Waals surface area (Å²) in [6, 6.07) is 8.95. The standard InChI is InChI=1S/C15H10F3N5OS/c1-23-7-11(12(22-23)15(16,17)18)13-20-21-14(24-13)25-8-10-4-2-9(6-19)3-5-10/h2-5,7H,8H2,1H3. The number of benzene rings is 1. The van der Waals surface area contributed by atoms with Gasteiger partial charge in [0.05, 0.1) is 17.2 Å². The first kappa shape index (κ1) is 17.0. The molecule has 0 radical (unpaired) electrons. The van der Waals surface area contributed by atoms with Crippen molar-refractivity contribution in [3.63, 3.8) is 0 Å². The maximum Gasteiger partial charge on any atom is 0.435 e. The summed E-state index contributed by atoms with van der Waals surface area (Å²) < 4.78 is 45.3. The molecule has 0 aliphatic heterocycles. The van der Waals surface area contributed by atoms with Gasteiger partial charge in [-0.1, -0.05) is 23.9 Å². The molecule has 2 aromatic heterocycles. The first-order valence-electron chi connectivity index (χ1n) is 6.93. The van der Waals surface area contributed by atoms with E-state index >= 15 is 0 Å². The fraction of sp³-hybridized carbons (Fsp3) is 0.200. The normalized spacial score (nSPS) is 11.5. The Morgan fingerprint density at radius 1 is 1.24 bits per heavy atom. The second-order valence-electron chi connectivity index (χ2n) is 5.03. The number of rotatable bonds is 4. The Kier molecular flexibility index (Phi) is 4.50. The van der Waals surface area contributed by atoms with Crippen LogP contribution in [0.3, 0.4) is 0 Å². The molecule has 128 valence electrons. The molecule has 0 atom stereocenters. The highest BCUT2D eigenvalue weighted by Gasteiger charge is 2.38. The monoisotopic (exact) mass is 365 g/mol. The molecule has 25 heavy (non-hydrogen) atoms. The first-order chi connectivity index (χ1) is 11.9. The van der Waals surface area contributed by atoms with Crippen molar-refractivity contribution in [1.82, 2.24) is 20.0 Å². The summed E-state index contributed by atoms with van der Waals surface area (Å²) >= 11 is 1.19. The van der Waals surface area contributed by atoms with Gasteiger partial charge in [-0.25, -0.2) is 0 Å². The Bertz CT molecular complexity index is 924. The topological polar surface area (TPSA) is 80.5 Å². The maximum atomic E-state index is 13.0. The Morgan fingerprint density at radius 3 is 2.60 bits per heavy atom. The molecule has 0 saturated carbocycles. The lowest BCUT2D eigenvalue weighted by Gasteiger charge is -2.02. The van der Waals surface area contributed by atoms with Crippen molar-refractivity contribution in [2.45, 2.75) is 17.2 Å². The van der Waals surface area contributed by atoms with E-state index < -0.39 is 11.9 Å². The van der Waals surface area contributed by atoms with Crippen molar-refractivity contribution < 1.29 is 17.6 Å². The van der Waals surface area contributed by atoms with Gasteiger partial charge < -0.3 is 4.42 Å². The van der Waals surface area contributed by atoms with Gasteiger partial charge in [-0.05, 0) is 17.7 Å². The summed E-state index contributed by atoms with van der Waals surface area (Å²) in [5, 5.41) is 19.8. The van der Waals surface area contributed by atoms with Crippen LogP contribution in [0.15, 0.2) is 40.1 Å². The number of alkyl halides is 3. The molecule has 0 aliphatic rings. The van der Waals surface area contributed by atoms with Gasteiger partial charge >= 0.3 is 6.18 Å². The molecule has 0 aliphatic carbocycles. The van der Waals surface area contributed by atoms with Crippen molar-refractivity contribution in [2.24, 2.45) is 7.05 Å². The van der Waals surface area contributed by atoms with Crippen LogP contribution >= 0.6 is 11.8 Å². The van der Waals surface area contributed by atoms with E-state index in [1.807, 2.05) is 6.07 Å². The van der Waals surface area contributed by atoms with Crippen molar-refractivity contribution in [3.05, 3.63) is 47.3 Å².